The van der Waals surface area contributed by atoms with Crippen LogP contribution in [0, 0.1) is 11.6 Å². The standard InChI is InChI=1S/C20H20Cl2F2N2O3/c1-20(2,3)29-19(27)26-5-4-11-6-14(22)18(25-17(11)9-26)28-10-13-15(23)7-12(21)8-16(13)24/h6-8H,4-5,9-10H2,1-3H3. The summed E-state index contributed by atoms with van der Waals surface area (Å²) in [5.74, 6) is -1.61. The van der Waals surface area contributed by atoms with Crippen molar-refractivity contribution in [3.8, 4) is 5.88 Å². The smallest absolute Gasteiger partial charge is 0.410 e. The fraction of sp³-hybridized carbons (Fsp3) is 0.400. The number of carbonyl (C=O) groups is 1. The Hall–Kier alpha value is -2.12. The van der Waals surface area contributed by atoms with E-state index in [1.807, 2.05) is 0 Å². The van der Waals surface area contributed by atoms with Crippen LogP contribution in [-0.4, -0.2) is 28.1 Å². The van der Waals surface area contributed by atoms with Gasteiger partial charge < -0.3 is 14.4 Å². The number of hydrogen-bond acceptors (Lipinski definition) is 4. The molecule has 156 valence electrons. The Morgan fingerprint density at radius 3 is 2.48 bits per heavy atom. The van der Waals surface area contributed by atoms with Crippen LogP contribution in [0.1, 0.15) is 37.6 Å². The van der Waals surface area contributed by atoms with E-state index in [2.05, 4.69) is 4.98 Å². The summed E-state index contributed by atoms with van der Waals surface area (Å²) in [5, 5.41) is 0.181. The monoisotopic (exact) mass is 444 g/mol. The molecule has 0 spiro atoms. The number of amides is 1. The third-order valence-electron chi connectivity index (χ3n) is 4.21. The van der Waals surface area contributed by atoms with E-state index in [-0.39, 0.29) is 28.0 Å². The molecule has 2 aromatic rings. The fourth-order valence-electron chi connectivity index (χ4n) is 2.85. The van der Waals surface area contributed by atoms with Gasteiger partial charge in [-0.05, 0) is 51.0 Å². The molecule has 0 atom stereocenters. The van der Waals surface area contributed by atoms with Crippen LogP contribution in [0.15, 0.2) is 18.2 Å². The zero-order valence-corrected chi connectivity index (χ0v) is 17.7. The van der Waals surface area contributed by atoms with E-state index in [9.17, 15) is 13.6 Å². The second-order valence-corrected chi connectivity index (χ2v) is 8.51. The van der Waals surface area contributed by atoms with E-state index in [0.29, 0.717) is 18.7 Å². The van der Waals surface area contributed by atoms with Crippen molar-refractivity contribution in [2.75, 3.05) is 6.54 Å². The lowest BCUT2D eigenvalue weighted by molar-refractivity contribution is 0.0220. The average molecular weight is 445 g/mol. The molecule has 0 saturated carbocycles. The average Bonchev–Trinajstić information content (AvgIpc) is 2.59. The number of benzene rings is 1. The first-order valence-corrected chi connectivity index (χ1v) is 9.71. The largest absolute Gasteiger partial charge is 0.472 e. The Bertz CT molecular complexity index is 925. The lowest BCUT2D eigenvalue weighted by Gasteiger charge is -2.31. The van der Waals surface area contributed by atoms with Gasteiger partial charge in [0, 0.05) is 11.6 Å². The van der Waals surface area contributed by atoms with Gasteiger partial charge in [0.1, 0.15) is 28.9 Å². The van der Waals surface area contributed by atoms with Crippen LogP contribution in [0.3, 0.4) is 0 Å². The molecule has 0 unspecified atom stereocenters. The maximum Gasteiger partial charge on any atom is 0.410 e. The van der Waals surface area contributed by atoms with Crippen molar-refractivity contribution in [2.24, 2.45) is 0 Å². The number of nitrogens with zero attached hydrogens (tertiary/aromatic N) is 2. The second-order valence-electron chi connectivity index (χ2n) is 7.67. The van der Waals surface area contributed by atoms with Gasteiger partial charge in [0.15, 0.2) is 0 Å². The second kappa shape index (κ2) is 8.32. The highest BCUT2D eigenvalue weighted by atomic mass is 35.5. The van der Waals surface area contributed by atoms with Crippen molar-refractivity contribution in [3.63, 3.8) is 0 Å². The van der Waals surface area contributed by atoms with Gasteiger partial charge in [-0.15, -0.1) is 0 Å². The minimum atomic E-state index is -0.819. The maximum atomic E-state index is 13.9. The van der Waals surface area contributed by atoms with Crippen LogP contribution in [0.25, 0.3) is 0 Å². The minimum absolute atomic E-state index is 0.0326. The van der Waals surface area contributed by atoms with Crippen LogP contribution in [0.5, 0.6) is 5.88 Å². The van der Waals surface area contributed by atoms with Crippen molar-refractivity contribution in [2.45, 2.75) is 45.9 Å². The number of carbonyl (C=O) groups excluding carboxylic acids is 1. The third kappa shape index (κ3) is 5.28. The molecule has 0 bridgehead atoms. The van der Waals surface area contributed by atoms with E-state index in [1.165, 1.54) is 4.90 Å². The Kier molecular flexibility index (Phi) is 6.19. The Morgan fingerprint density at radius 2 is 1.86 bits per heavy atom. The third-order valence-corrected chi connectivity index (χ3v) is 4.70. The van der Waals surface area contributed by atoms with E-state index >= 15 is 0 Å². The van der Waals surface area contributed by atoms with Gasteiger partial charge in [-0.1, -0.05) is 23.2 Å². The predicted octanol–water partition coefficient (Wildman–Crippen LogP) is 5.54. The lowest BCUT2D eigenvalue weighted by atomic mass is 10.1. The normalized spacial score (nSPS) is 13.8. The molecule has 29 heavy (non-hydrogen) atoms. The maximum absolute atomic E-state index is 13.9. The lowest BCUT2D eigenvalue weighted by Crippen LogP contribution is -2.40. The minimum Gasteiger partial charge on any atom is -0.472 e. The summed E-state index contributed by atoms with van der Waals surface area (Å²) in [5.41, 5.74) is 0.594. The summed E-state index contributed by atoms with van der Waals surface area (Å²) < 4.78 is 38.8. The SMILES string of the molecule is CC(C)(C)OC(=O)N1CCc2cc(Cl)c(OCc3c(F)cc(Cl)cc3F)nc2C1. The molecule has 1 amide bonds. The number of rotatable bonds is 3. The molecule has 1 aromatic heterocycles. The Balaban J connectivity index is 1.76. The summed E-state index contributed by atoms with van der Waals surface area (Å²) in [4.78, 5) is 18.2. The first-order chi connectivity index (χ1) is 13.5. The predicted molar refractivity (Wildman–Crippen MR) is 105 cm³/mol. The molecule has 0 N–H and O–H groups in total. The van der Waals surface area contributed by atoms with E-state index in [1.54, 1.807) is 26.8 Å². The number of halogens is 4. The van der Waals surface area contributed by atoms with Gasteiger partial charge in [0.05, 0.1) is 17.8 Å². The van der Waals surface area contributed by atoms with Gasteiger partial charge in [-0.25, -0.2) is 18.6 Å². The van der Waals surface area contributed by atoms with Crippen LogP contribution < -0.4 is 4.74 Å². The molecule has 0 saturated heterocycles. The highest BCUT2D eigenvalue weighted by Gasteiger charge is 2.27. The quantitative estimate of drug-likeness (QED) is 0.623. The zero-order valence-electron chi connectivity index (χ0n) is 16.2. The van der Waals surface area contributed by atoms with Gasteiger partial charge >= 0.3 is 6.09 Å². The molecule has 0 fully saturated rings. The number of aromatic nitrogens is 1. The molecule has 9 heteroatoms. The molecule has 0 aliphatic carbocycles. The molecule has 2 heterocycles. The molecule has 1 aromatic carbocycles. The van der Waals surface area contributed by atoms with Crippen molar-refractivity contribution < 1.29 is 23.0 Å². The number of hydrogen-bond donors (Lipinski definition) is 0. The molecular weight excluding hydrogens is 425 g/mol. The zero-order chi connectivity index (χ0) is 21.3. The van der Waals surface area contributed by atoms with E-state index in [4.69, 9.17) is 32.7 Å². The van der Waals surface area contributed by atoms with Crippen LogP contribution >= 0.6 is 23.2 Å². The van der Waals surface area contributed by atoms with Crippen molar-refractivity contribution in [1.29, 1.82) is 0 Å². The van der Waals surface area contributed by atoms with Gasteiger partial charge in [-0.2, -0.15) is 0 Å². The fourth-order valence-corrected chi connectivity index (χ4v) is 3.27. The van der Waals surface area contributed by atoms with Crippen molar-refractivity contribution >= 4 is 29.3 Å². The van der Waals surface area contributed by atoms with Crippen LogP contribution in [0.4, 0.5) is 13.6 Å². The molecule has 1 aliphatic rings. The number of ether oxygens (including phenoxy) is 2. The van der Waals surface area contributed by atoms with E-state index in [0.717, 1.165) is 17.7 Å². The van der Waals surface area contributed by atoms with Gasteiger partial charge in [0.2, 0.25) is 5.88 Å². The summed E-state index contributed by atoms with van der Waals surface area (Å²) in [6, 6.07) is 3.70. The van der Waals surface area contributed by atoms with Gasteiger partial charge in [-0.3, -0.25) is 0 Å². The van der Waals surface area contributed by atoms with Crippen LogP contribution in [0.2, 0.25) is 10.0 Å². The number of pyridine rings is 1. The van der Waals surface area contributed by atoms with Gasteiger partial charge in [0.25, 0.3) is 0 Å². The van der Waals surface area contributed by atoms with Crippen molar-refractivity contribution in [3.05, 3.63) is 56.7 Å². The topological polar surface area (TPSA) is 51.7 Å². The first kappa shape index (κ1) is 21.6. The highest BCUT2D eigenvalue weighted by molar-refractivity contribution is 6.32. The number of fused-ring (bicyclic) bond motifs is 1. The van der Waals surface area contributed by atoms with Crippen molar-refractivity contribution in [1.82, 2.24) is 9.88 Å². The Labute approximate surface area is 177 Å². The molecular formula is C20H20Cl2F2N2O3. The molecule has 1 aliphatic heterocycles. The summed E-state index contributed by atoms with van der Waals surface area (Å²) in [6.45, 7) is 5.67. The Morgan fingerprint density at radius 1 is 1.21 bits per heavy atom. The highest BCUT2D eigenvalue weighted by Crippen LogP contribution is 2.30. The summed E-state index contributed by atoms with van der Waals surface area (Å²) in [6.07, 6.45) is 0.120. The molecule has 0 radical (unpaired) electrons. The summed E-state index contributed by atoms with van der Waals surface area (Å²) in [7, 11) is 0. The summed E-state index contributed by atoms with van der Waals surface area (Å²) >= 11 is 11.8. The molecule has 5 nitrogen and oxygen atoms in total. The van der Waals surface area contributed by atoms with E-state index < -0.39 is 29.9 Å². The van der Waals surface area contributed by atoms with Crippen LogP contribution in [-0.2, 0) is 24.3 Å². The molecule has 3 rings (SSSR count). The first-order valence-electron chi connectivity index (χ1n) is 8.96.